The van der Waals surface area contributed by atoms with Gasteiger partial charge in [-0.05, 0) is 98.7 Å². The zero-order chi connectivity index (χ0) is 15.5. The summed E-state index contributed by atoms with van der Waals surface area (Å²) < 4.78 is 0. The van der Waals surface area contributed by atoms with E-state index in [0.717, 1.165) is 23.7 Å². The summed E-state index contributed by atoms with van der Waals surface area (Å²) in [5, 5.41) is 10.3. The van der Waals surface area contributed by atoms with Crippen molar-refractivity contribution in [3.63, 3.8) is 0 Å². The van der Waals surface area contributed by atoms with Gasteiger partial charge in [0.15, 0.2) is 0 Å². The standard InChI is InChI=1S/C21H36O/c1-14(22)17-9-10-18-16-8-7-15-6-4-5-12-20(15,2)19(16)11-13-21(17,18)3/h14-19,22H,4-13H2,1-3H3/t14-,15-,16-,17+,18-,19-,20-,21+/m0/s1. The fraction of sp³-hybridized carbons (Fsp3) is 1.00. The van der Waals surface area contributed by atoms with E-state index in [9.17, 15) is 5.11 Å². The first-order chi connectivity index (χ1) is 10.5. The van der Waals surface area contributed by atoms with Crippen LogP contribution in [0, 0.1) is 40.4 Å². The Kier molecular flexibility index (Phi) is 3.68. The summed E-state index contributed by atoms with van der Waals surface area (Å²) >= 11 is 0. The van der Waals surface area contributed by atoms with Gasteiger partial charge in [-0.1, -0.05) is 26.7 Å². The molecule has 0 amide bonds. The van der Waals surface area contributed by atoms with Gasteiger partial charge in [-0.3, -0.25) is 0 Å². The molecule has 0 aromatic rings. The number of fused-ring (bicyclic) bond motifs is 5. The Hall–Kier alpha value is -0.0400. The molecule has 126 valence electrons. The van der Waals surface area contributed by atoms with E-state index < -0.39 is 0 Å². The van der Waals surface area contributed by atoms with Gasteiger partial charge < -0.3 is 5.11 Å². The highest BCUT2D eigenvalue weighted by Gasteiger charge is 2.60. The molecule has 0 heterocycles. The predicted molar refractivity (Wildman–Crippen MR) is 91.5 cm³/mol. The smallest absolute Gasteiger partial charge is 0.0545 e. The first kappa shape index (κ1) is 15.5. The molecule has 4 fully saturated rings. The predicted octanol–water partition coefficient (Wildman–Crippen LogP) is 5.42. The molecule has 1 nitrogen and oxygen atoms in total. The molecule has 0 aliphatic heterocycles. The van der Waals surface area contributed by atoms with Gasteiger partial charge in [0.1, 0.15) is 0 Å². The maximum atomic E-state index is 10.3. The third-order valence-corrected chi connectivity index (χ3v) is 9.24. The molecule has 0 aromatic heterocycles. The fourth-order valence-electron chi connectivity index (χ4n) is 8.13. The zero-order valence-corrected chi connectivity index (χ0v) is 15.0. The molecule has 0 aromatic carbocycles. The molecule has 0 unspecified atom stereocenters. The minimum Gasteiger partial charge on any atom is -0.393 e. The van der Waals surface area contributed by atoms with Gasteiger partial charge in [-0.25, -0.2) is 0 Å². The first-order valence-electron chi connectivity index (χ1n) is 10.1. The van der Waals surface area contributed by atoms with Crippen LogP contribution < -0.4 is 0 Å². The normalized spacial score (nSPS) is 55.9. The number of rotatable bonds is 1. The molecule has 22 heavy (non-hydrogen) atoms. The van der Waals surface area contributed by atoms with Gasteiger partial charge in [-0.2, -0.15) is 0 Å². The minimum atomic E-state index is -0.104. The molecule has 1 N–H and O–H groups in total. The Balaban J connectivity index is 1.62. The zero-order valence-electron chi connectivity index (χ0n) is 15.0. The lowest BCUT2D eigenvalue weighted by atomic mass is 9.45. The lowest BCUT2D eigenvalue weighted by molar-refractivity contribution is -0.118. The van der Waals surface area contributed by atoms with Gasteiger partial charge in [0.2, 0.25) is 0 Å². The highest BCUT2D eigenvalue weighted by Crippen LogP contribution is 2.67. The average molecular weight is 305 g/mol. The van der Waals surface area contributed by atoms with Crippen LogP contribution in [0.2, 0.25) is 0 Å². The summed E-state index contributed by atoms with van der Waals surface area (Å²) in [4.78, 5) is 0. The van der Waals surface area contributed by atoms with Gasteiger partial charge in [0.25, 0.3) is 0 Å². The number of aliphatic hydroxyl groups excluding tert-OH is 1. The maximum Gasteiger partial charge on any atom is 0.0545 e. The Morgan fingerprint density at radius 2 is 1.59 bits per heavy atom. The van der Waals surface area contributed by atoms with E-state index in [1.165, 1.54) is 64.2 Å². The van der Waals surface area contributed by atoms with Crippen LogP contribution in [0.4, 0.5) is 0 Å². The van der Waals surface area contributed by atoms with Crippen molar-refractivity contribution in [1.82, 2.24) is 0 Å². The molecule has 0 saturated heterocycles. The van der Waals surface area contributed by atoms with Crippen LogP contribution in [0.1, 0.15) is 85.0 Å². The van der Waals surface area contributed by atoms with E-state index in [0.29, 0.717) is 16.7 Å². The van der Waals surface area contributed by atoms with Crippen LogP contribution in [0.5, 0.6) is 0 Å². The maximum absolute atomic E-state index is 10.3. The number of aliphatic hydroxyl groups is 1. The Morgan fingerprint density at radius 1 is 0.818 bits per heavy atom. The summed E-state index contributed by atoms with van der Waals surface area (Å²) in [6, 6.07) is 0. The first-order valence-corrected chi connectivity index (χ1v) is 10.1. The summed E-state index contributed by atoms with van der Waals surface area (Å²) in [6.45, 7) is 7.24. The van der Waals surface area contributed by atoms with Crippen molar-refractivity contribution in [2.75, 3.05) is 0 Å². The van der Waals surface area contributed by atoms with Crippen molar-refractivity contribution < 1.29 is 5.11 Å². The third kappa shape index (κ3) is 2.00. The topological polar surface area (TPSA) is 20.2 Å². The third-order valence-electron chi connectivity index (χ3n) is 9.24. The molecule has 4 aliphatic carbocycles. The van der Waals surface area contributed by atoms with E-state index in [1.54, 1.807) is 0 Å². The number of hydrogen-bond donors (Lipinski definition) is 1. The highest BCUT2D eigenvalue weighted by atomic mass is 16.3. The summed E-state index contributed by atoms with van der Waals surface area (Å²) in [7, 11) is 0. The quantitative estimate of drug-likeness (QED) is 0.686. The monoisotopic (exact) mass is 304 g/mol. The van der Waals surface area contributed by atoms with Crippen LogP contribution >= 0.6 is 0 Å². The van der Waals surface area contributed by atoms with Crippen molar-refractivity contribution in [2.24, 2.45) is 40.4 Å². The SMILES string of the molecule is C[C@H](O)[C@H]1CC[C@H]2[C@@H]3CC[C@@H]4CCCC[C@]4(C)[C@H]3CC[C@]12C. The van der Waals surface area contributed by atoms with Crippen LogP contribution in [-0.2, 0) is 0 Å². The van der Waals surface area contributed by atoms with Gasteiger partial charge in [0, 0.05) is 0 Å². The summed E-state index contributed by atoms with van der Waals surface area (Å²) in [5.74, 6) is 4.47. The van der Waals surface area contributed by atoms with Crippen molar-refractivity contribution in [1.29, 1.82) is 0 Å². The second kappa shape index (κ2) is 5.23. The summed E-state index contributed by atoms with van der Waals surface area (Å²) in [6.07, 6.45) is 14.4. The molecule has 0 radical (unpaired) electrons. The molecule has 4 aliphatic rings. The van der Waals surface area contributed by atoms with E-state index in [-0.39, 0.29) is 6.10 Å². The molecule has 8 atom stereocenters. The van der Waals surface area contributed by atoms with Crippen LogP contribution in [0.15, 0.2) is 0 Å². The molecular formula is C21H36O. The van der Waals surface area contributed by atoms with Crippen LogP contribution in [0.25, 0.3) is 0 Å². The molecule has 4 rings (SSSR count). The van der Waals surface area contributed by atoms with E-state index in [4.69, 9.17) is 0 Å². The van der Waals surface area contributed by atoms with Crippen molar-refractivity contribution in [3.05, 3.63) is 0 Å². The van der Waals surface area contributed by atoms with Crippen molar-refractivity contribution in [2.45, 2.75) is 91.1 Å². The van der Waals surface area contributed by atoms with Crippen molar-refractivity contribution >= 4 is 0 Å². The average Bonchev–Trinajstić information content (AvgIpc) is 2.84. The van der Waals surface area contributed by atoms with Crippen molar-refractivity contribution in [3.8, 4) is 0 Å². The Bertz CT molecular complexity index is 430. The van der Waals surface area contributed by atoms with Crippen LogP contribution in [0.3, 0.4) is 0 Å². The Labute approximate surface area is 137 Å². The summed E-state index contributed by atoms with van der Waals surface area (Å²) in [5.41, 5.74) is 1.10. The largest absolute Gasteiger partial charge is 0.393 e. The van der Waals surface area contributed by atoms with Crippen LogP contribution in [-0.4, -0.2) is 11.2 Å². The van der Waals surface area contributed by atoms with Gasteiger partial charge >= 0.3 is 0 Å². The minimum absolute atomic E-state index is 0.104. The molecule has 0 bridgehead atoms. The molecule has 0 spiro atoms. The van der Waals surface area contributed by atoms with E-state index in [1.807, 2.05) is 6.92 Å². The lowest BCUT2D eigenvalue weighted by Crippen LogP contribution is -2.53. The second-order valence-electron chi connectivity index (χ2n) is 9.87. The lowest BCUT2D eigenvalue weighted by Gasteiger charge is -2.60. The highest BCUT2D eigenvalue weighted by molar-refractivity contribution is 5.09. The second-order valence-corrected chi connectivity index (χ2v) is 9.87. The van der Waals surface area contributed by atoms with Gasteiger partial charge in [-0.15, -0.1) is 0 Å². The van der Waals surface area contributed by atoms with E-state index >= 15 is 0 Å². The molecular weight excluding hydrogens is 268 g/mol. The molecule has 4 saturated carbocycles. The fourth-order valence-corrected chi connectivity index (χ4v) is 8.13. The van der Waals surface area contributed by atoms with Gasteiger partial charge in [0.05, 0.1) is 6.10 Å². The Morgan fingerprint density at radius 3 is 2.36 bits per heavy atom. The molecule has 1 heteroatoms. The number of hydrogen-bond acceptors (Lipinski definition) is 1. The van der Waals surface area contributed by atoms with E-state index in [2.05, 4.69) is 13.8 Å².